The first-order chi connectivity index (χ1) is 9.80. The second-order valence-corrected chi connectivity index (χ2v) is 7.51. The van der Waals surface area contributed by atoms with Crippen molar-refractivity contribution >= 4 is 38.8 Å². The molecule has 0 aromatic heterocycles. The summed E-state index contributed by atoms with van der Waals surface area (Å²) in [6.45, 7) is 0.504. The largest absolute Gasteiger partial charge is 0.396 e. The van der Waals surface area contributed by atoms with Crippen LogP contribution in [0, 0.1) is 0 Å². The third kappa shape index (κ3) is 4.89. The van der Waals surface area contributed by atoms with E-state index in [-0.39, 0.29) is 21.5 Å². The smallest absolute Gasteiger partial charge is 0.242 e. The monoisotopic (exact) mass is 350 g/mol. The Hall–Kier alpha value is -0.730. The van der Waals surface area contributed by atoms with Crippen LogP contribution in [-0.2, 0) is 10.0 Å². The molecule has 0 bridgehead atoms. The number of hydrogen-bond acceptors (Lipinski definition) is 4. The van der Waals surface area contributed by atoms with Crippen LogP contribution in [0.4, 0.5) is 0 Å². The van der Waals surface area contributed by atoms with Crippen molar-refractivity contribution in [3.63, 3.8) is 0 Å². The van der Waals surface area contributed by atoms with E-state index in [0.717, 1.165) is 6.42 Å². The summed E-state index contributed by atoms with van der Waals surface area (Å²) in [4.78, 5) is 0.235. The summed E-state index contributed by atoms with van der Waals surface area (Å²) < 4.78 is 26.0. The number of thiocarbonyl (C=S) groups is 1. The van der Waals surface area contributed by atoms with Gasteiger partial charge in [-0.1, -0.05) is 23.8 Å². The van der Waals surface area contributed by atoms with Crippen LogP contribution in [0.5, 0.6) is 0 Å². The first kappa shape index (κ1) is 18.3. The Morgan fingerprint density at radius 2 is 2.05 bits per heavy atom. The van der Waals surface area contributed by atoms with Crippen LogP contribution in [0.15, 0.2) is 23.1 Å². The van der Waals surface area contributed by atoms with Gasteiger partial charge >= 0.3 is 0 Å². The van der Waals surface area contributed by atoms with E-state index in [4.69, 9.17) is 34.7 Å². The number of unbranched alkanes of at least 4 members (excludes halogenated alkanes) is 2. The zero-order valence-corrected chi connectivity index (χ0v) is 14.1. The molecule has 0 amide bonds. The maximum absolute atomic E-state index is 12.4. The second-order valence-electron chi connectivity index (χ2n) is 4.62. The Morgan fingerprint density at radius 3 is 2.57 bits per heavy atom. The maximum Gasteiger partial charge on any atom is 0.242 e. The van der Waals surface area contributed by atoms with Gasteiger partial charge in [0.1, 0.15) is 4.99 Å². The molecule has 0 spiro atoms. The number of hydrogen-bond donors (Lipinski definition) is 2. The lowest BCUT2D eigenvalue weighted by atomic mass is 10.2. The van der Waals surface area contributed by atoms with Gasteiger partial charge in [0.15, 0.2) is 0 Å². The predicted octanol–water partition coefficient (Wildman–Crippen LogP) is 1.76. The van der Waals surface area contributed by atoms with E-state index < -0.39 is 10.0 Å². The summed E-state index contributed by atoms with van der Waals surface area (Å²) in [5, 5.41) is 8.92. The summed E-state index contributed by atoms with van der Waals surface area (Å²) in [6.07, 6.45) is 2.13. The summed E-state index contributed by atoms with van der Waals surface area (Å²) in [5.74, 6) is 0. The van der Waals surface area contributed by atoms with Crippen molar-refractivity contribution in [1.82, 2.24) is 4.31 Å². The molecule has 0 atom stereocenters. The van der Waals surface area contributed by atoms with Crippen molar-refractivity contribution in [2.45, 2.75) is 24.2 Å². The van der Waals surface area contributed by atoms with E-state index in [1.807, 2.05) is 0 Å². The van der Waals surface area contributed by atoms with Crippen LogP contribution in [0.25, 0.3) is 0 Å². The minimum absolute atomic E-state index is 0.108. The molecule has 0 aliphatic rings. The van der Waals surface area contributed by atoms with Crippen LogP contribution >= 0.6 is 23.8 Å². The Kier molecular flexibility index (Phi) is 7.02. The molecule has 0 saturated heterocycles. The Bertz CT molecular complexity index is 605. The molecule has 0 heterocycles. The van der Waals surface area contributed by atoms with Gasteiger partial charge in [-0.15, -0.1) is 0 Å². The number of rotatable bonds is 8. The van der Waals surface area contributed by atoms with Gasteiger partial charge in [-0.3, -0.25) is 0 Å². The van der Waals surface area contributed by atoms with E-state index in [9.17, 15) is 8.42 Å². The number of nitrogens with zero attached hydrogens (tertiary/aromatic N) is 1. The highest BCUT2D eigenvalue weighted by atomic mass is 35.5. The zero-order valence-electron chi connectivity index (χ0n) is 11.8. The normalized spacial score (nSPS) is 11.8. The average Bonchev–Trinajstić information content (AvgIpc) is 2.42. The Morgan fingerprint density at radius 1 is 1.38 bits per heavy atom. The fourth-order valence-corrected chi connectivity index (χ4v) is 3.60. The maximum atomic E-state index is 12.4. The van der Waals surface area contributed by atoms with Gasteiger partial charge in [0.05, 0.1) is 9.92 Å². The van der Waals surface area contributed by atoms with Crippen molar-refractivity contribution in [3.8, 4) is 0 Å². The van der Waals surface area contributed by atoms with Crippen LogP contribution < -0.4 is 5.73 Å². The molecule has 0 aliphatic heterocycles. The molecule has 21 heavy (non-hydrogen) atoms. The second kappa shape index (κ2) is 8.05. The van der Waals surface area contributed by atoms with Gasteiger partial charge in [-0.2, -0.15) is 0 Å². The van der Waals surface area contributed by atoms with Crippen LogP contribution in [0.3, 0.4) is 0 Å². The van der Waals surface area contributed by atoms with E-state index in [1.54, 1.807) is 0 Å². The summed E-state index contributed by atoms with van der Waals surface area (Å²) in [5.41, 5.74) is 5.95. The van der Waals surface area contributed by atoms with Crippen LogP contribution in [-0.4, -0.2) is 43.0 Å². The third-order valence-electron chi connectivity index (χ3n) is 3.05. The number of nitrogens with two attached hydrogens (primary N) is 1. The Balaban J connectivity index is 2.87. The fourth-order valence-electron chi connectivity index (χ4n) is 1.78. The molecule has 1 rings (SSSR count). The van der Waals surface area contributed by atoms with Crippen LogP contribution in [0.2, 0.25) is 5.02 Å². The van der Waals surface area contributed by atoms with Crippen LogP contribution in [0.1, 0.15) is 24.8 Å². The highest BCUT2D eigenvalue weighted by molar-refractivity contribution is 7.89. The molecular formula is C13H19ClN2O3S2. The lowest BCUT2D eigenvalue weighted by Crippen LogP contribution is -2.28. The molecule has 8 heteroatoms. The molecule has 1 aromatic rings. The lowest BCUT2D eigenvalue weighted by molar-refractivity contribution is 0.281. The van der Waals surface area contributed by atoms with Crippen molar-refractivity contribution in [2.24, 2.45) is 5.73 Å². The van der Waals surface area contributed by atoms with E-state index in [2.05, 4.69) is 0 Å². The van der Waals surface area contributed by atoms with E-state index in [1.165, 1.54) is 29.6 Å². The number of sulfonamides is 1. The summed E-state index contributed by atoms with van der Waals surface area (Å²) in [7, 11) is -2.07. The number of aliphatic hydroxyl groups is 1. The topological polar surface area (TPSA) is 83.6 Å². The molecule has 0 aliphatic carbocycles. The highest BCUT2D eigenvalue weighted by Gasteiger charge is 2.21. The molecule has 118 valence electrons. The van der Waals surface area contributed by atoms with Gasteiger partial charge in [-0.25, -0.2) is 12.7 Å². The van der Waals surface area contributed by atoms with Gasteiger partial charge in [0.2, 0.25) is 10.0 Å². The summed E-state index contributed by atoms with van der Waals surface area (Å²) >= 11 is 10.8. The van der Waals surface area contributed by atoms with Gasteiger partial charge in [0, 0.05) is 25.8 Å². The standard InChI is InChI=1S/C13H19ClN2O3S2/c1-16(7-3-2-4-8-17)21(18,19)10-5-6-11(13(15)20)12(14)9-10/h5-6,9,17H,2-4,7-8H2,1H3,(H2,15,20). The average molecular weight is 351 g/mol. The van der Waals surface area contributed by atoms with E-state index in [0.29, 0.717) is 24.9 Å². The summed E-state index contributed by atoms with van der Waals surface area (Å²) in [6, 6.07) is 4.31. The van der Waals surface area contributed by atoms with Gasteiger partial charge in [0.25, 0.3) is 0 Å². The van der Waals surface area contributed by atoms with E-state index >= 15 is 0 Å². The van der Waals surface area contributed by atoms with Gasteiger partial charge in [-0.05, 0) is 37.5 Å². The van der Waals surface area contributed by atoms with Crippen molar-refractivity contribution < 1.29 is 13.5 Å². The predicted molar refractivity (Wildman–Crippen MR) is 88.1 cm³/mol. The van der Waals surface area contributed by atoms with Crippen molar-refractivity contribution in [3.05, 3.63) is 28.8 Å². The zero-order chi connectivity index (χ0) is 16.0. The third-order valence-corrected chi connectivity index (χ3v) is 5.43. The SMILES string of the molecule is CN(CCCCCO)S(=O)(=O)c1ccc(C(N)=S)c(Cl)c1. The molecular weight excluding hydrogens is 332 g/mol. The quantitative estimate of drug-likeness (QED) is 0.551. The number of benzene rings is 1. The van der Waals surface area contributed by atoms with Gasteiger partial charge < -0.3 is 10.8 Å². The molecule has 0 fully saturated rings. The minimum Gasteiger partial charge on any atom is -0.396 e. The highest BCUT2D eigenvalue weighted by Crippen LogP contribution is 2.23. The van der Waals surface area contributed by atoms with Crippen molar-refractivity contribution in [2.75, 3.05) is 20.2 Å². The minimum atomic E-state index is -3.59. The Labute approximate surface area is 135 Å². The molecule has 5 nitrogen and oxygen atoms in total. The molecule has 0 radical (unpaired) electrons. The molecule has 0 saturated carbocycles. The number of aliphatic hydroxyl groups excluding tert-OH is 1. The molecule has 3 N–H and O–H groups in total. The lowest BCUT2D eigenvalue weighted by Gasteiger charge is -2.17. The number of halogens is 1. The molecule has 0 unspecified atom stereocenters. The first-order valence-electron chi connectivity index (χ1n) is 6.47. The fraction of sp³-hybridized carbons (Fsp3) is 0.462. The molecule has 1 aromatic carbocycles. The van der Waals surface area contributed by atoms with Crippen molar-refractivity contribution in [1.29, 1.82) is 0 Å². The first-order valence-corrected chi connectivity index (χ1v) is 8.70.